The van der Waals surface area contributed by atoms with Crippen molar-refractivity contribution in [2.75, 3.05) is 38.8 Å². The van der Waals surface area contributed by atoms with E-state index in [1.807, 2.05) is 0 Å². The van der Waals surface area contributed by atoms with Crippen LogP contribution in [0.15, 0.2) is 37.4 Å². The molecule has 31 heavy (non-hydrogen) atoms. The van der Waals surface area contributed by atoms with Crippen molar-refractivity contribution in [3.8, 4) is 11.5 Å². The third-order valence-corrected chi connectivity index (χ3v) is 9.80. The van der Waals surface area contributed by atoms with E-state index < -0.39 is 0 Å². The third kappa shape index (κ3) is 5.79. The van der Waals surface area contributed by atoms with Gasteiger partial charge in [-0.15, -0.1) is 49.1 Å². The van der Waals surface area contributed by atoms with Crippen LogP contribution in [0, 0.1) is 11.8 Å². The van der Waals surface area contributed by atoms with Gasteiger partial charge < -0.3 is 9.47 Å². The summed E-state index contributed by atoms with van der Waals surface area (Å²) >= 11 is 4.19. The summed E-state index contributed by atoms with van der Waals surface area (Å²) in [4.78, 5) is 2.72. The molecule has 3 nitrogen and oxygen atoms in total. The van der Waals surface area contributed by atoms with E-state index in [-0.39, 0.29) is 16.5 Å². The second-order valence-corrected chi connectivity index (χ2v) is 11.7. The summed E-state index contributed by atoms with van der Waals surface area (Å²) in [6.07, 6.45) is 7.60. The van der Waals surface area contributed by atoms with Crippen LogP contribution in [0.25, 0.3) is 0 Å². The van der Waals surface area contributed by atoms with Crippen molar-refractivity contribution in [3.05, 3.63) is 48.6 Å². The number of halogens is 1. The van der Waals surface area contributed by atoms with Crippen molar-refractivity contribution < 1.29 is 9.47 Å². The molecular weight excluding hydrogens is 446 g/mol. The Bertz CT molecular complexity index is 743. The summed E-state index contributed by atoms with van der Waals surface area (Å²) in [7, 11) is 3.45. The maximum atomic E-state index is 5.66. The molecule has 2 atom stereocenters. The van der Waals surface area contributed by atoms with Crippen LogP contribution < -0.4 is 9.47 Å². The van der Waals surface area contributed by atoms with Crippen molar-refractivity contribution in [2.45, 2.75) is 43.2 Å². The number of piperidine rings is 1. The smallest absolute Gasteiger partial charge is 0.161 e. The molecule has 174 valence electrons. The largest absolute Gasteiger partial charge is 0.493 e. The van der Waals surface area contributed by atoms with Gasteiger partial charge in [0.25, 0.3) is 0 Å². The molecule has 2 heterocycles. The van der Waals surface area contributed by atoms with E-state index in [1.165, 1.54) is 17.5 Å². The lowest BCUT2D eigenvalue weighted by Crippen LogP contribution is -2.52. The Labute approximate surface area is 203 Å². The Hall–Kier alpha value is -0.750. The van der Waals surface area contributed by atoms with Crippen molar-refractivity contribution in [2.24, 2.45) is 11.8 Å². The van der Waals surface area contributed by atoms with Crippen LogP contribution in [0.1, 0.15) is 43.9 Å². The first-order valence-corrected chi connectivity index (χ1v) is 12.9. The molecule has 1 aromatic rings. The van der Waals surface area contributed by atoms with Gasteiger partial charge in [-0.25, -0.2) is 0 Å². The van der Waals surface area contributed by atoms with Gasteiger partial charge in [-0.2, -0.15) is 0 Å². The number of hydrogen-bond donors (Lipinski definition) is 0. The maximum absolute atomic E-state index is 5.66. The van der Waals surface area contributed by atoms with Crippen LogP contribution in [-0.2, 0) is 6.42 Å². The minimum Gasteiger partial charge on any atom is -0.493 e. The number of benzene rings is 1. The Morgan fingerprint density at radius 2 is 1.74 bits per heavy atom. The SMILES string of the molecule is C=CCSC1(SCC=C)CC2c3cc(OC)c(OC)cc3CCN2CC1CC(C)C.Cl. The summed E-state index contributed by atoms with van der Waals surface area (Å²) in [5, 5.41) is 0. The molecule has 0 radical (unpaired) electrons. The van der Waals surface area contributed by atoms with Gasteiger partial charge in [-0.1, -0.05) is 26.0 Å². The molecule has 1 aromatic carbocycles. The quantitative estimate of drug-likeness (QED) is 0.274. The second kappa shape index (κ2) is 11.9. The molecule has 0 aliphatic carbocycles. The summed E-state index contributed by atoms with van der Waals surface area (Å²) in [5.41, 5.74) is 2.83. The van der Waals surface area contributed by atoms with E-state index in [2.05, 4.69) is 79.7 Å². The predicted molar refractivity (Wildman–Crippen MR) is 140 cm³/mol. The van der Waals surface area contributed by atoms with Crippen LogP contribution in [0.4, 0.5) is 0 Å². The molecule has 0 amide bonds. The van der Waals surface area contributed by atoms with Gasteiger partial charge in [0.05, 0.1) is 18.3 Å². The van der Waals surface area contributed by atoms with Crippen LogP contribution >= 0.6 is 35.9 Å². The molecule has 3 rings (SSSR count). The maximum Gasteiger partial charge on any atom is 0.161 e. The van der Waals surface area contributed by atoms with Crippen molar-refractivity contribution in [1.82, 2.24) is 4.90 Å². The number of rotatable bonds is 10. The summed E-state index contributed by atoms with van der Waals surface area (Å²) in [5.74, 6) is 5.01. The molecule has 0 N–H and O–H groups in total. The average molecular weight is 484 g/mol. The average Bonchev–Trinajstić information content (AvgIpc) is 2.75. The van der Waals surface area contributed by atoms with E-state index in [9.17, 15) is 0 Å². The molecular formula is C25H38ClNO2S2. The highest BCUT2D eigenvalue weighted by molar-refractivity contribution is 8.18. The lowest BCUT2D eigenvalue weighted by atomic mass is 9.80. The molecule has 0 aromatic heterocycles. The van der Waals surface area contributed by atoms with E-state index >= 15 is 0 Å². The standard InChI is InChI=1S/C25H37NO2S2.ClH/c1-7-11-29-25(30-12-8-2)16-22-21-15-24(28-6)23(27-5)14-19(21)9-10-26(22)17-20(25)13-18(3)4;/h7-8,14-15,18,20,22H,1-2,9-13,16-17H2,3-6H3;1H. The fraction of sp³-hybridized carbons (Fsp3) is 0.600. The zero-order valence-corrected chi connectivity index (χ0v) is 21.8. The van der Waals surface area contributed by atoms with E-state index in [4.69, 9.17) is 9.47 Å². The predicted octanol–water partition coefficient (Wildman–Crippen LogP) is 6.63. The molecule has 0 saturated carbocycles. The van der Waals surface area contributed by atoms with Gasteiger partial charge >= 0.3 is 0 Å². The number of thioether (sulfide) groups is 2. The Morgan fingerprint density at radius 1 is 1.13 bits per heavy atom. The van der Waals surface area contributed by atoms with Gasteiger partial charge in [-0.05, 0) is 54.4 Å². The van der Waals surface area contributed by atoms with Crippen molar-refractivity contribution >= 4 is 35.9 Å². The highest BCUT2D eigenvalue weighted by atomic mass is 35.5. The molecule has 1 fully saturated rings. The van der Waals surface area contributed by atoms with Gasteiger partial charge in [-0.3, -0.25) is 4.90 Å². The molecule has 1 saturated heterocycles. The lowest BCUT2D eigenvalue weighted by Gasteiger charge is -2.53. The topological polar surface area (TPSA) is 21.7 Å². The Kier molecular flexibility index (Phi) is 10.2. The second-order valence-electron chi connectivity index (χ2n) is 8.71. The highest BCUT2D eigenvalue weighted by Gasteiger charge is 2.49. The molecule has 2 aliphatic heterocycles. The summed E-state index contributed by atoms with van der Waals surface area (Å²) in [6, 6.07) is 4.85. The number of methoxy groups -OCH3 is 2. The molecule has 0 bridgehead atoms. The minimum absolute atomic E-state index is 0. The number of fused-ring (bicyclic) bond motifs is 3. The lowest BCUT2D eigenvalue weighted by molar-refractivity contribution is 0.0861. The van der Waals surface area contributed by atoms with E-state index in [1.54, 1.807) is 14.2 Å². The summed E-state index contributed by atoms with van der Waals surface area (Å²) < 4.78 is 11.4. The first kappa shape index (κ1) is 26.5. The summed E-state index contributed by atoms with van der Waals surface area (Å²) in [6.45, 7) is 15.0. The zero-order valence-electron chi connectivity index (χ0n) is 19.4. The minimum atomic E-state index is 0. The number of hydrogen-bond acceptors (Lipinski definition) is 5. The Morgan fingerprint density at radius 3 is 2.29 bits per heavy atom. The first-order chi connectivity index (χ1) is 14.5. The van der Waals surface area contributed by atoms with Gasteiger partial charge in [0, 0.05) is 30.6 Å². The Balaban J connectivity index is 0.00000341. The van der Waals surface area contributed by atoms with Crippen LogP contribution in [0.5, 0.6) is 11.5 Å². The monoisotopic (exact) mass is 483 g/mol. The first-order valence-electron chi connectivity index (χ1n) is 11.0. The molecule has 0 spiro atoms. The number of ether oxygens (including phenoxy) is 2. The van der Waals surface area contributed by atoms with Crippen molar-refractivity contribution in [3.63, 3.8) is 0 Å². The van der Waals surface area contributed by atoms with Gasteiger partial charge in [0.2, 0.25) is 0 Å². The van der Waals surface area contributed by atoms with Crippen LogP contribution in [0.2, 0.25) is 0 Å². The van der Waals surface area contributed by atoms with Gasteiger partial charge in [0.15, 0.2) is 11.5 Å². The molecule has 6 heteroatoms. The van der Waals surface area contributed by atoms with E-state index in [0.717, 1.165) is 48.9 Å². The van der Waals surface area contributed by atoms with Crippen LogP contribution in [-0.4, -0.2) is 47.8 Å². The van der Waals surface area contributed by atoms with Crippen molar-refractivity contribution in [1.29, 1.82) is 0 Å². The number of nitrogens with zero attached hydrogens (tertiary/aromatic N) is 1. The molecule has 2 unspecified atom stereocenters. The zero-order chi connectivity index (χ0) is 21.7. The fourth-order valence-electron chi connectivity index (χ4n) is 5.01. The van der Waals surface area contributed by atoms with E-state index in [0.29, 0.717) is 17.9 Å². The highest BCUT2D eigenvalue weighted by Crippen LogP contribution is 2.57. The molecule has 2 aliphatic rings. The van der Waals surface area contributed by atoms with Gasteiger partial charge in [0.1, 0.15) is 0 Å². The third-order valence-electron chi connectivity index (χ3n) is 6.32. The normalized spacial score (nSPS) is 22.1. The van der Waals surface area contributed by atoms with Crippen LogP contribution in [0.3, 0.4) is 0 Å². The fourth-order valence-corrected chi connectivity index (χ4v) is 7.92.